The van der Waals surface area contributed by atoms with E-state index >= 15 is 0 Å². The van der Waals surface area contributed by atoms with E-state index in [1.807, 2.05) is 6.92 Å². The summed E-state index contributed by atoms with van der Waals surface area (Å²) in [7, 11) is 0. The first-order chi connectivity index (χ1) is 14.2. The third-order valence-electron chi connectivity index (χ3n) is 5.70. The summed E-state index contributed by atoms with van der Waals surface area (Å²) in [6.07, 6.45) is 3.56. The molecule has 0 bridgehead atoms. The van der Waals surface area contributed by atoms with Crippen molar-refractivity contribution in [2.24, 2.45) is 34.0 Å². The highest BCUT2D eigenvalue weighted by molar-refractivity contribution is 5.98. The number of rotatable bonds is 10. The lowest BCUT2D eigenvalue weighted by atomic mass is 9.75. The second-order valence-corrected chi connectivity index (χ2v) is 7.93. The zero-order valence-corrected chi connectivity index (χ0v) is 17.4. The molecule has 0 aromatic heterocycles. The van der Waals surface area contributed by atoms with Crippen molar-refractivity contribution in [2.45, 2.75) is 63.6 Å². The predicted molar refractivity (Wildman–Crippen MR) is 111 cm³/mol. The van der Waals surface area contributed by atoms with Gasteiger partial charge in [0.25, 0.3) is 0 Å². The molecule has 5 atom stereocenters. The van der Waals surface area contributed by atoms with Crippen LogP contribution in [0.5, 0.6) is 0 Å². The van der Waals surface area contributed by atoms with Gasteiger partial charge in [0.2, 0.25) is 17.7 Å². The van der Waals surface area contributed by atoms with E-state index in [0.717, 1.165) is 12.8 Å². The molecule has 3 amide bonds. The number of amides is 3. The molecule has 2 rings (SSSR count). The van der Waals surface area contributed by atoms with Gasteiger partial charge in [0.1, 0.15) is 12.1 Å². The zero-order valence-electron chi connectivity index (χ0n) is 17.4. The van der Waals surface area contributed by atoms with Gasteiger partial charge in [-0.05, 0) is 25.7 Å². The van der Waals surface area contributed by atoms with Crippen LogP contribution in [-0.4, -0.2) is 60.7 Å². The predicted octanol–water partition coefficient (Wildman–Crippen LogP) is -2.14. The van der Waals surface area contributed by atoms with Crippen LogP contribution in [0.4, 0.5) is 0 Å². The van der Waals surface area contributed by atoms with Crippen LogP contribution in [0.2, 0.25) is 0 Å². The number of hydrogen-bond acceptors (Lipinski definition) is 6. The maximum atomic E-state index is 13.2. The topological polar surface area (TPSA) is 195 Å². The maximum absolute atomic E-state index is 13.2. The summed E-state index contributed by atoms with van der Waals surface area (Å²) in [6.45, 7) is 2.66. The molecule has 11 heteroatoms. The molecule has 0 radical (unpaired) electrons. The van der Waals surface area contributed by atoms with Gasteiger partial charge in [0, 0.05) is 24.9 Å². The Morgan fingerprint density at radius 1 is 1.03 bits per heavy atom. The van der Waals surface area contributed by atoms with Crippen molar-refractivity contribution in [1.82, 2.24) is 16.0 Å². The Balaban J connectivity index is 2.08. The average Bonchev–Trinajstić information content (AvgIpc) is 2.69. The van der Waals surface area contributed by atoms with Gasteiger partial charge in [-0.15, -0.1) is 0 Å². The fraction of sp³-hybridized carbons (Fsp3) is 0.737. The Morgan fingerprint density at radius 2 is 1.73 bits per heavy atom. The number of carbonyl (C=O) groups is 4. The number of nitrogens with one attached hydrogen (secondary N) is 3. The second kappa shape index (κ2) is 10.9. The van der Waals surface area contributed by atoms with Crippen molar-refractivity contribution in [1.29, 1.82) is 0 Å². The van der Waals surface area contributed by atoms with E-state index in [2.05, 4.69) is 20.9 Å². The number of unbranched alkanes of at least 4 members (excludes halogenated alkanes) is 1. The molecular weight excluding hydrogens is 390 g/mol. The monoisotopic (exact) mass is 423 g/mol. The molecule has 2 fully saturated rings. The lowest BCUT2D eigenvalue weighted by Crippen LogP contribution is -2.64. The van der Waals surface area contributed by atoms with E-state index < -0.39 is 35.7 Å². The SMILES string of the molecule is CCCC[C@@H]1NC[C@H](C(=O)C2C[C@H](C(N)=O)NC(=O)[C@@H]2CCCN=C(N)N)NC1=O. The molecule has 0 spiro atoms. The molecule has 2 saturated heterocycles. The highest BCUT2D eigenvalue weighted by Crippen LogP contribution is 2.29. The zero-order chi connectivity index (χ0) is 22.3. The van der Waals surface area contributed by atoms with Crippen LogP contribution >= 0.6 is 0 Å². The van der Waals surface area contributed by atoms with Gasteiger partial charge in [0.15, 0.2) is 11.7 Å². The molecule has 30 heavy (non-hydrogen) atoms. The van der Waals surface area contributed by atoms with Crippen molar-refractivity contribution < 1.29 is 19.2 Å². The number of piperazine rings is 1. The summed E-state index contributed by atoms with van der Waals surface area (Å²) in [4.78, 5) is 53.8. The van der Waals surface area contributed by atoms with Gasteiger partial charge in [-0.3, -0.25) is 24.2 Å². The standard InChI is InChI=1S/C19H33N7O4/c1-2-3-6-12-18(30)26-14(9-24-12)15(27)11-8-13(16(20)28)25-17(29)10(11)5-4-7-23-19(21)22/h10-14,24H,2-9H2,1H3,(H2,20,28)(H,25,29)(H,26,30)(H4,21,22,23)/t10-,11?,12+,13-,14-/m1/s1. The first-order valence-corrected chi connectivity index (χ1v) is 10.5. The lowest BCUT2D eigenvalue weighted by Gasteiger charge is -2.37. The van der Waals surface area contributed by atoms with Crippen LogP contribution in [0.3, 0.4) is 0 Å². The molecule has 0 aromatic carbocycles. The number of ketones is 1. The van der Waals surface area contributed by atoms with Gasteiger partial charge >= 0.3 is 0 Å². The fourth-order valence-corrected chi connectivity index (χ4v) is 4.04. The average molecular weight is 424 g/mol. The van der Waals surface area contributed by atoms with E-state index in [0.29, 0.717) is 32.4 Å². The Labute approximate surface area is 176 Å². The summed E-state index contributed by atoms with van der Waals surface area (Å²) in [5, 5.41) is 8.50. The van der Waals surface area contributed by atoms with Crippen LogP contribution in [0.25, 0.3) is 0 Å². The van der Waals surface area contributed by atoms with Crippen molar-refractivity contribution in [3.05, 3.63) is 0 Å². The van der Waals surface area contributed by atoms with Gasteiger partial charge in [-0.1, -0.05) is 19.8 Å². The highest BCUT2D eigenvalue weighted by Gasteiger charge is 2.45. The highest BCUT2D eigenvalue weighted by atomic mass is 16.2. The minimum Gasteiger partial charge on any atom is -0.370 e. The third-order valence-corrected chi connectivity index (χ3v) is 5.70. The van der Waals surface area contributed by atoms with Gasteiger partial charge in [-0.25, -0.2) is 0 Å². The number of primary amides is 1. The molecule has 0 aromatic rings. The molecule has 2 aliphatic heterocycles. The number of aliphatic imine (C=N–C) groups is 1. The Morgan fingerprint density at radius 3 is 2.33 bits per heavy atom. The first-order valence-electron chi connectivity index (χ1n) is 10.5. The van der Waals surface area contributed by atoms with Crippen LogP contribution < -0.4 is 33.2 Å². The van der Waals surface area contributed by atoms with Gasteiger partial charge < -0.3 is 33.2 Å². The smallest absolute Gasteiger partial charge is 0.240 e. The summed E-state index contributed by atoms with van der Waals surface area (Å²) < 4.78 is 0. The van der Waals surface area contributed by atoms with Crippen LogP contribution in [-0.2, 0) is 19.2 Å². The molecule has 2 heterocycles. The van der Waals surface area contributed by atoms with Crippen LogP contribution in [0, 0.1) is 11.8 Å². The number of carbonyl (C=O) groups excluding carboxylic acids is 4. The molecule has 2 aliphatic rings. The minimum atomic E-state index is -0.912. The van der Waals surface area contributed by atoms with E-state index in [-0.39, 0.29) is 30.1 Å². The number of Topliss-reactive ketones (excluding diaryl/α,β-unsaturated/α-hetero) is 1. The molecule has 168 valence electrons. The number of piperidine rings is 1. The molecule has 1 unspecified atom stereocenters. The van der Waals surface area contributed by atoms with E-state index in [4.69, 9.17) is 17.2 Å². The Hall–Kier alpha value is -2.69. The Kier molecular flexibility index (Phi) is 8.58. The van der Waals surface area contributed by atoms with Gasteiger partial charge in [-0.2, -0.15) is 0 Å². The van der Waals surface area contributed by atoms with E-state index in [9.17, 15) is 19.2 Å². The molecule has 11 nitrogen and oxygen atoms in total. The maximum Gasteiger partial charge on any atom is 0.240 e. The number of nitrogens with zero attached hydrogens (tertiary/aromatic N) is 1. The molecule has 0 aliphatic carbocycles. The van der Waals surface area contributed by atoms with Crippen LogP contribution in [0.1, 0.15) is 45.4 Å². The number of hydrogen-bond donors (Lipinski definition) is 6. The first kappa shape index (κ1) is 23.6. The summed E-state index contributed by atoms with van der Waals surface area (Å²) in [6, 6.07) is -1.98. The van der Waals surface area contributed by atoms with E-state index in [1.165, 1.54) is 0 Å². The van der Waals surface area contributed by atoms with Crippen molar-refractivity contribution in [2.75, 3.05) is 13.1 Å². The number of guanidine groups is 1. The largest absolute Gasteiger partial charge is 0.370 e. The lowest BCUT2D eigenvalue weighted by molar-refractivity contribution is -0.143. The Bertz CT molecular complexity index is 692. The summed E-state index contributed by atoms with van der Waals surface area (Å²) in [5.74, 6) is -2.98. The summed E-state index contributed by atoms with van der Waals surface area (Å²) >= 11 is 0. The fourth-order valence-electron chi connectivity index (χ4n) is 4.04. The molecular formula is C19H33N7O4. The minimum absolute atomic E-state index is 0.0434. The summed E-state index contributed by atoms with van der Waals surface area (Å²) in [5.41, 5.74) is 16.0. The number of nitrogens with two attached hydrogens (primary N) is 3. The van der Waals surface area contributed by atoms with Crippen molar-refractivity contribution in [3.63, 3.8) is 0 Å². The van der Waals surface area contributed by atoms with E-state index in [1.54, 1.807) is 0 Å². The second-order valence-electron chi connectivity index (χ2n) is 7.93. The normalized spacial score (nSPS) is 28.9. The third kappa shape index (κ3) is 6.15. The molecule has 0 saturated carbocycles. The van der Waals surface area contributed by atoms with Crippen molar-refractivity contribution in [3.8, 4) is 0 Å². The van der Waals surface area contributed by atoms with Crippen molar-refractivity contribution >= 4 is 29.5 Å². The van der Waals surface area contributed by atoms with Gasteiger partial charge in [0.05, 0.1) is 6.04 Å². The quantitative estimate of drug-likeness (QED) is 0.131. The van der Waals surface area contributed by atoms with Crippen LogP contribution in [0.15, 0.2) is 4.99 Å². The molecule has 9 N–H and O–H groups in total.